The van der Waals surface area contributed by atoms with Gasteiger partial charge in [-0.25, -0.2) is 4.79 Å². The molecule has 2 aromatic rings. The van der Waals surface area contributed by atoms with Gasteiger partial charge in [0.2, 0.25) is 0 Å². The molecule has 0 fully saturated rings. The zero-order chi connectivity index (χ0) is 15.2. The van der Waals surface area contributed by atoms with Crippen LogP contribution in [-0.2, 0) is 6.54 Å². The zero-order valence-electron chi connectivity index (χ0n) is 11.8. The first-order chi connectivity index (χ1) is 10.1. The number of primary amides is 1. The molecule has 5 N–H and O–H groups in total. The van der Waals surface area contributed by atoms with Crippen molar-refractivity contribution >= 4 is 11.7 Å². The van der Waals surface area contributed by atoms with Crippen molar-refractivity contribution in [1.29, 1.82) is 0 Å². The maximum Gasteiger partial charge on any atom is 0.316 e. The van der Waals surface area contributed by atoms with Crippen LogP contribution in [0.2, 0.25) is 0 Å². The molecule has 0 aliphatic carbocycles. The van der Waals surface area contributed by atoms with Crippen LogP contribution in [0, 0.1) is 0 Å². The minimum absolute atomic E-state index is 0.118. The summed E-state index contributed by atoms with van der Waals surface area (Å²) >= 11 is 0. The Bertz CT molecular complexity index is 611. The topological polar surface area (TPSA) is 87.4 Å². The van der Waals surface area contributed by atoms with Gasteiger partial charge in [-0.1, -0.05) is 30.3 Å². The molecule has 0 spiro atoms. The van der Waals surface area contributed by atoms with Gasteiger partial charge in [0.1, 0.15) is 5.75 Å². The van der Waals surface area contributed by atoms with E-state index >= 15 is 0 Å². The largest absolute Gasteiger partial charge is 0.508 e. The number of anilines is 1. The van der Waals surface area contributed by atoms with E-state index in [2.05, 4.69) is 10.6 Å². The normalized spacial score (nSPS) is 11.9. The van der Waals surface area contributed by atoms with E-state index in [1.54, 1.807) is 24.3 Å². The number of hydrogen-bond donors (Lipinski definition) is 4. The third kappa shape index (κ3) is 4.22. The number of para-hydroxylation sites is 1. The molecule has 5 heteroatoms. The van der Waals surface area contributed by atoms with E-state index in [9.17, 15) is 9.90 Å². The van der Waals surface area contributed by atoms with Gasteiger partial charge in [-0.05, 0) is 30.7 Å². The lowest BCUT2D eigenvalue weighted by atomic mass is 10.1. The Morgan fingerprint density at radius 1 is 1.19 bits per heavy atom. The van der Waals surface area contributed by atoms with Crippen molar-refractivity contribution in [2.45, 2.75) is 19.5 Å². The van der Waals surface area contributed by atoms with E-state index in [1.807, 2.05) is 31.2 Å². The van der Waals surface area contributed by atoms with Crippen LogP contribution in [0.3, 0.4) is 0 Å². The molecule has 0 heterocycles. The standard InChI is InChI=1S/C16H19N3O2/c1-11(18-10-13-4-2-3-5-15(13)20)12-6-8-14(9-7-12)19-16(17)21/h2-9,11,18,20H,10H2,1H3,(H3,17,19,21). The summed E-state index contributed by atoms with van der Waals surface area (Å²) in [5.41, 5.74) is 7.67. The van der Waals surface area contributed by atoms with Gasteiger partial charge < -0.3 is 21.5 Å². The lowest BCUT2D eigenvalue weighted by molar-refractivity contribution is 0.259. The molecule has 0 radical (unpaired) electrons. The van der Waals surface area contributed by atoms with E-state index in [1.165, 1.54) is 0 Å². The zero-order valence-corrected chi connectivity index (χ0v) is 11.8. The molecule has 0 bridgehead atoms. The summed E-state index contributed by atoms with van der Waals surface area (Å²) in [4.78, 5) is 10.8. The molecule has 1 unspecified atom stereocenters. The predicted molar refractivity (Wildman–Crippen MR) is 83.0 cm³/mol. The Kier molecular flexibility index (Phi) is 4.79. The van der Waals surface area contributed by atoms with Gasteiger partial charge in [0.05, 0.1) is 0 Å². The highest BCUT2D eigenvalue weighted by Gasteiger charge is 2.07. The molecular formula is C16H19N3O2. The summed E-state index contributed by atoms with van der Waals surface area (Å²) in [5, 5.41) is 15.6. The first-order valence-corrected chi connectivity index (χ1v) is 6.73. The molecule has 5 nitrogen and oxygen atoms in total. The summed E-state index contributed by atoms with van der Waals surface area (Å²) in [6.07, 6.45) is 0. The highest BCUT2D eigenvalue weighted by Crippen LogP contribution is 2.19. The molecule has 0 aromatic heterocycles. The number of nitrogens with two attached hydrogens (primary N) is 1. The van der Waals surface area contributed by atoms with Crippen LogP contribution in [-0.4, -0.2) is 11.1 Å². The second kappa shape index (κ2) is 6.76. The van der Waals surface area contributed by atoms with E-state index in [0.29, 0.717) is 18.0 Å². The number of carbonyl (C=O) groups is 1. The van der Waals surface area contributed by atoms with Crippen molar-refractivity contribution in [2.75, 3.05) is 5.32 Å². The van der Waals surface area contributed by atoms with Crippen LogP contribution in [0.15, 0.2) is 48.5 Å². The Morgan fingerprint density at radius 3 is 2.48 bits per heavy atom. The van der Waals surface area contributed by atoms with E-state index in [-0.39, 0.29) is 6.04 Å². The summed E-state index contributed by atoms with van der Waals surface area (Å²) in [6.45, 7) is 2.62. The first kappa shape index (κ1) is 14.9. The molecule has 1 atom stereocenters. The monoisotopic (exact) mass is 285 g/mol. The molecular weight excluding hydrogens is 266 g/mol. The van der Waals surface area contributed by atoms with E-state index in [4.69, 9.17) is 5.73 Å². The van der Waals surface area contributed by atoms with E-state index < -0.39 is 6.03 Å². The van der Waals surface area contributed by atoms with Crippen molar-refractivity contribution < 1.29 is 9.90 Å². The van der Waals surface area contributed by atoms with Gasteiger partial charge >= 0.3 is 6.03 Å². The van der Waals surface area contributed by atoms with Crippen LogP contribution in [0.25, 0.3) is 0 Å². The summed E-state index contributed by atoms with van der Waals surface area (Å²) in [7, 11) is 0. The average Bonchev–Trinajstić information content (AvgIpc) is 2.46. The van der Waals surface area contributed by atoms with E-state index in [0.717, 1.165) is 11.1 Å². The number of hydrogen-bond acceptors (Lipinski definition) is 3. The Hall–Kier alpha value is -2.53. The number of nitrogens with one attached hydrogen (secondary N) is 2. The van der Waals surface area contributed by atoms with Gasteiger partial charge in [-0.3, -0.25) is 0 Å². The number of aromatic hydroxyl groups is 1. The second-order valence-corrected chi connectivity index (χ2v) is 4.84. The Balaban J connectivity index is 1.95. The molecule has 2 amide bonds. The lowest BCUT2D eigenvalue weighted by Crippen LogP contribution is -2.20. The predicted octanol–water partition coefficient (Wildman–Crippen LogP) is 2.73. The van der Waals surface area contributed by atoms with Gasteiger partial charge in [0, 0.05) is 23.8 Å². The molecule has 21 heavy (non-hydrogen) atoms. The fourth-order valence-corrected chi connectivity index (χ4v) is 2.04. The van der Waals surface area contributed by atoms with Crippen molar-refractivity contribution in [2.24, 2.45) is 5.73 Å². The number of phenolic OH excluding ortho intramolecular Hbond substituents is 1. The maximum absolute atomic E-state index is 10.8. The highest BCUT2D eigenvalue weighted by atomic mass is 16.3. The second-order valence-electron chi connectivity index (χ2n) is 4.84. The fourth-order valence-electron chi connectivity index (χ4n) is 2.04. The van der Waals surface area contributed by atoms with Crippen LogP contribution >= 0.6 is 0 Å². The molecule has 110 valence electrons. The third-order valence-corrected chi connectivity index (χ3v) is 3.27. The fraction of sp³-hybridized carbons (Fsp3) is 0.188. The van der Waals surface area contributed by atoms with Crippen LogP contribution in [0.1, 0.15) is 24.1 Å². The summed E-state index contributed by atoms with van der Waals surface area (Å²) in [5.74, 6) is 0.290. The number of carbonyl (C=O) groups excluding carboxylic acids is 1. The number of rotatable bonds is 5. The minimum atomic E-state index is -0.575. The van der Waals surface area contributed by atoms with Crippen LogP contribution < -0.4 is 16.4 Å². The quantitative estimate of drug-likeness (QED) is 0.681. The molecule has 2 rings (SSSR count). The number of urea groups is 1. The maximum atomic E-state index is 10.8. The Labute approximate surface area is 123 Å². The number of benzene rings is 2. The van der Waals surface area contributed by atoms with Crippen molar-refractivity contribution in [3.05, 3.63) is 59.7 Å². The molecule has 0 saturated heterocycles. The van der Waals surface area contributed by atoms with Crippen molar-refractivity contribution in [3.63, 3.8) is 0 Å². The minimum Gasteiger partial charge on any atom is -0.508 e. The van der Waals surface area contributed by atoms with Crippen LogP contribution in [0.4, 0.5) is 10.5 Å². The number of amides is 2. The van der Waals surface area contributed by atoms with Crippen molar-refractivity contribution in [1.82, 2.24) is 5.32 Å². The first-order valence-electron chi connectivity index (χ1n) is 6.73. The molecule has 0 aliphatic heterocycles. The summed E-state index contributed by atoms with van der Waals surface area (Å²) in [6, 6.07) is 14.2. The molecule has 2 aromatic carbocycles. The average molecular weight is 285 g/mol. The Morgan fingerprint density at radius 2 is 1.86 bits per heavy atom. The number of phenols is 1. The SMILES string of the molecule is CC(NCc1ccccc1O)c1ccc(NC(N)=O)cc1. The molecule has 0 aliphatic rings. The van der Waals surface area contributed by atoms with Gasteiger partial charge in [-0.2, -0.15) is 0 Å². The van der Waals surface area contributed by atoms with Gasteiger partial charge in [0.25, 0.3) is 0 Å². The van der Waals surface area contributed by atoms with Crippen molar-refractivity contribution in [3.8, 4) is 5.75 Å². The van der Waals surface area contributed by atoms with Gasteiger partial charge in [-0.15, -0.1) is 0 Å². The third-order valence-electron chi connectivity index (χ3n) is 3.27. The van der Waals surface area contributed by atoms with Gasteiger partial charge in [0.15, 0.2) is 0 Å². The molecule has 0 saturated carbocycles. The summed E-state index contributed by atoms with van der Waals surface area (Å²) < 4.78 is 0. The lowest BCUT2D eigenvalue weighted by Gasteiger charge is -2.15. The highest BCUT2D eigenvalue weighted by molar-refractivity contribution is 5.87. The smallest absolute Gasteiger partial charge is 0.316 e. The van der Waals surface area contributed by atoms with Crippen LogP contribution in [0.5, 0.6) is 5.75 Å².